The van der Waals surface area contributed by atoms with Gasteiger partial charge in [0.05, 0.1) is 35.0 Å². The second-order valence-corrected chi connectivity index (χ2v) is 6.99. The van der Waals surface area contributed by atoms with E-state index in [2.05, 4.69) is 15.9 Å². The summed E-state index contributed by atoms with van der Waals surface area (Å²) in [6.07, 6.45) is 1.98. The van der Waals surface area contributed by atoms with Crippen molar-refractivity contribution in [2.45, 2.75) is 6.92 Å². The highest BCUT2D eigenvalue weighted by molar-refractivity contribution is 9.10. The molecule has 0 aliphatic carbocycles. The summed E-state index contributed by atoms with van der Waals surface area (Å²) < 4.78 is 39.3. The quantitative estimate of drug-likeness (QED) is 0.304. The van der Waals surface area contributed by atoms with Crippen molar-refractivity contribution in [3.05, 3.63) is 45.9 Å². The Hall–Kier alpha value is -2.42. The Labute approximate surface area is 191 Å². The van der Waals surface area contributed by atoms with E-state index < -0.39 is 0 Å². The fourth-order valence-electron chi connectivity index (χ4n) is 3.05. The minimum Gasteiger partial charge on any atom is -0.495 e. The minimum absolute atomic E-state index is 0.0762. The molecule has 0 fully saturated rings. The summed E-state index contributed by atoms with van der Waals surface area (Å²) in [5.41, 5.74) is 2.52. The van der Waals surface area contributed by atoms with Gasteiger partial charge in [-0.25, -0.2) is 0 Å². The third kappa shape index (κ3) is 5.84. The van der Waals surface area contributed by atoms with Crippen LogP contribution in [0.15, 0.2) is 34.8 Å². The Morgan fingerprint density at radius 3 is 2.03 bits per heavy atom. The Morgan fingerprint density at radius 1 is 0.871 bits per heavy atom. The first-order valence-electron chi connectivity index (χ1n) is 9.62. The third-order valence-electron chi connectivity index (χ3n) is 4.48. The second kappa shape index (κ2) is 12.4. The summed E-state index contributed by atoms with van der Waals surface area (Å²) in [5.74, 6) is 2.84. The molecule has 0 spiro atoms. The summed E-state index contributed by atoms with van der Waals surface area (Å²) >= 11 is 3.59. The molecule has 7 nitrogen and oxygen atoms in total. The molecule has 170 valence electrons. The number of rotatable bonds is 12. The SMILES string of the molecule is CCOC/C=C(/c1cc(OC)c(OC)c(OC)c1)c1ccc(OC)c(Br)c1OCOC. The highest BCUT2D eigenvalue weighted by Gasteiger charge is 2.21. The molecular formula is C23H29BrO7. The highest BCUT2D eigenvalue weighted by Crippen LogP contribution is 2.45. The van der Waals surface area contributed by atoms with E-state index in [1.54, 1.807) is 35.5 Å². The molecule has 0 N–H and O–H groups in total. The van der Waals surface area contributed by atoms with Gasteiger partial charge in [0.1, 0.15) is 16.0 Å². The van der Waals surface area contributed by atoms with Crippen molar-refractivity contribution in [3.8, 4) is 28.7 Å². The average molecular weight is 497 g/mol. The molecule has 0 radical (unpaired) electrons. The van der Waals surface area contributed by atoms with Crippen LogP contribution in [0.1, 0.15) is 18.1 Å². The molecular weight excluding hydrogens is 468 g/mol. The van der Waals surface area contributed by atoms with Crippen LogP contribution in [0.25, 0.3) is 5.57 Å². The number of halogens is 1. The predicted molar refractivity (Wildman–Crippen MR) is 123 cm³/mol. The van der Waals surface area contributed by atoms with Gasteiger partial charge in [0.2, 0.25) is 5.75 Å². The number of ether oxygens (including phenoxy) is 7. The van der Waals surface area contributed by atoms with Crippen LogP contribution in [0.5, 0.6) is 28.7 Å². The predicted octanol–water partition coefficient (Wildman–Crippen LogP) is 4.93. The number of hydrogen-bond donors (Lipinski definition) is 0. The average Bonchev–Trinajstić information content (AvgIpc) is 2.80. The van der Waals surface area contributed by atoms with Gasteiger partial charge in [-0.3, -0.25) is 0 Å². The molecule has 0 bridgehead atoms. The summed E-state index contributed by atoms with van der Waals surface area (Å²) in [4.78, 5) is 0. The van der Waals surface area contributed by atoms with Gasteiger partial charge in [-0.1, -0.05) is 6.08 Å². The first kappa shape index (κ1) is 24.8. The number of methoxy groups -OCH3 is 5. The lowest BCUT2D eigenvalue weighted by Crippen LogP contribution is -2.05. The van der Waals surface area contributed by atoms with Crippen molar-refractivity contribution >= 4 is 21.5 Å². The Bertz CT molecular complexity index is 871. The summed E-state index contributed by atoms with van der Waals surface area (Å²) in [6.45, 7) is 3.03. The number of hydrogen-bond acceptors (Lipinski definition) is 7. The lowest BCUT2D eigenvalue weighted by Gasteiger charge is -2.20. The van der Waals surface area contributed by atoms with Crippen molar-refractivity contribution in [1.29, 1.82) is 0 Å². The van der Waals surface area contributed by atoms with Crippen LogP contribution in [0.2, 0.25) is 0 Å². The molecule has 0 atom stereocenters. The van der Waals surface area contributed by atoms with Gasteiger partial charge in [0, 0.05) is 19.3 Å². The van der Waals surface area contributed by atoms with Crippen LogP contribution in [0.4, 0.5) is 0 Å². The molecule has 0 heterocycles. The van der Waals surface area contributed by atoms with E-state index in [1.165, 1.54) is 0 Å². The highest BCUT2D eigenvalue weighted by atomic mass is 79.9. The molecule has 0 saturated heterocycles. The van der Waals surface area contributed by atoms with Crippen LogP contribution >= 0.6 is 15.9 Å². The Balaban J connectivity index is 2.74. The normalized spacial score (nSPS) is 11.3. The molecule has 0 amide bonds. The molecule has 0 aliphatic heterocycles. The third-order valence-corrected chi connectivity index (χ3v) is 5.23. The van der Waals surface area contributed by atoms with Gasteiger partial charge in [-0.15, -0.1) is 0 Å². The molecule has 31 heavy (non-hydrogen) atoms. The largest absolute Gasteiger partial charge is 0.495 e. The fourth-order valence-corrected chi connectivity index (χ4v) is 3.67. The minimum atomic E-state index is 0.0762. The van der Waals surface area contributed by atoms with E-state index in [0.717, 1.165) is 16.7 Å². The zero-order valence-electron chi connectivity index (χ0n) is 18.7. The molecule has 0 aromatic heterocycles. The monoisotopic (exact) mass is 496 g/mol. The van der Waals surface area contributed by atoms with Crippen LogP contribution in [-0.4, -0.2) is 55.6 Å². The number of benzene rings is 2. The smallest absolute Gasteiger partial charge is 0.203 e. The molecule has 8 heteroatoms. The van der Waals surface area contributed by atoms with Crippen molar-refractivity contribution in [2.24, 2.45) is 0 Å². The Kier molecular flexibility index (Phi) is 9.97. The van der Waals surface area contributed by atoms with Crippen molar-refractivity contribution in [1.82, 2.24) is 0 Å². The van der Waals surface area contributed by atoms with Crippen LogP contribution in [0.3, 0.4) is 0 Å². The maximum atomic E-state index is 5.91. The van der Waals surface area contributed by atoms with E-state index >= 15 is 0 Å². The molecule has 2 aromatic rings. The Morgan fingerprint density at radius 2 is 1.52 bits per heavy atom. The van der Waals surface area contributed by atoms with E-state index in [1.807, 2.05) is 37.3 Å². The summed E-state index contributed by atoms with van der Waals surface area (Å²) in [7, 11) is 7.91. The van der Waals surface area contributed by atoms with Crippen molar-refractivity contribution in [3.63, 3.8) is 0 Å². The molecule has 2 rings (SSSR count). The first-order chi connectivity index (χ1) is 15.1. The molecule has 0 unspecified atom stereocenters. The topological polar surface area (TPSA) is 64.6 Å². The molecule has 0 saturated carbocycles. The van der Waals surface area contributed by atoms with Gasteiger partial charge < -0.3 is 33.2 Å². The van der Waals surface area contributed by atoms with Gasteiger partial charge in [-0.2, -0.15) is 0 Å². The summed E-state index contributed by atoms with van der Waals surface area (Å²) in [6, 6.07) is 7.57. The van der Waals surface area contributed by atoms with Crippen LogP contribution in [0, 0.1) is 0 Å². The molecule has 0 aliphatic rings. The van der Waals surface area contributed by atoms with E-state index in [0.29, 0.717) is 46.4 Å². The zero-order chi connectivity index (χ0) is 22.8. The zero-order valence-corrected chi connectivity index (χ0v) is 20.3. The standard InChI is InChI=1S/C23H29BrO7/c1-7-30-11-10-16(15-12-19(27-4)23(29-6)20(13-15)28-5)17-8-9-18(26-3)21(24)22(17)31-14-25-2/h8-10,12-13H,7,11,14H2,1-6H3/b16-10-. The first-order valence-corrected chi connectivity index (χ1v) is 10.4. The van der Waals surface area contributed by atoms with Gasteiger partial charge >= 0.3 is 0 Å². The maximum absolute atomic E-state index is 5.91. The summed E-state index contributed by atoms with van der Waals surface area (Å²) in [5, 5.41) is 0. The van der Waals surface area contributed by atoms with E-state index in [4.69, 9.17) is 33.2 Å². The molecule has 2 aromatic carbocycles. The van der Waals surface area contributed by atoms with Gasteiger partial charge in [0.15, 0.2) is 18.3 Å². The van der Waals surface area contributed by atoms with Crippen LogP contribution in [-0.2, 0) is 9.47 Å². The maximum Gasteiger partial charge on any atom is 0.203 e. The van der Waals surface area contributed by atoms with E-state index in [9.17, 15) is 0 Å². The second-order valence-electron chi connectivity index (χ2n) is 6.20. The van der Waals surface area contributed by atoms with E-state index in [-0.39, 0.29) is 6.79 Å². The van der Waals surface area contributed by atoms with Gasteiger partial charge in [-0.05, 0) is 58.3 Å². The van der Waals surface area contributed by atoms with Crippen molar-refractivity contribution < 1.29 is 33.2 Å². The lowest BCUT2D eigenvalue weighted by atomic mass is 9.95. The van der Waals surface area contributed by atoms with Gasteiger partial charge in [0.25, 0.3) is 0 Å². The lowest BCUT2D eigenvalue weighted by molar-refractivity contribution is 0.0502. The van der Waals surface area contributed by atoms with Crippen molar-refractivity contribution in [2.75, 3.05) is 55.6 Å². The van der Waals surface area contributed by atoms with Crippen LogP contribution < -0.4 is 23.7 Å². The fraction of sp³-hybridized carbons (Fsp3) is 0.391.